The van der Waals surface area contributed by atoms with Gasteiger partial charge in [-0.25, -0.2) is 0 Å². The van der Waals surface area contributed by atoms with Gasteiger partial charge in [0.15, 0.2) is 0 Å². The molecular weight excluding hydrogens is 242 g/mol. The molecule has 0 unspecified atom stereocenters. The number of nitrogens with one attached hydrogen (secondary N) is 1. The minimum atomic E-state index is -0.333. The Morgan fingerprint density at radius 2 is 2.05 bits per heavy atom. The molecule has 4 heteroatoms. The molecule has 2 rings (SSSR count). The quantitative estimate of drug-likeness (QED) is 0.769. The van der Waals surface area contributed by atoms with Crippen molar-refractivity contribution in [3.05, 3.63) is 0 Å². The van der Waals surface area contributed by atoms with E-state index < -0.39 is 0 Å². The Balaban J connectivity index is 1.66. The molecule has 1 saturated carbocycles. The summed E-state index contributed by atoms with van der Waals surface area (Å²) in [5.41, 5.74) is 0. The summed E-state index contributed by atoms with van der Waals surface area (Å²) >= 11 is 0. The Kier molecular flexibility index (Phi) is 5.22. The van der Waals surface area contributed by atoms with Crippen molar-refractivity contribution < 1.29 is 14.3 Å². The second-order valence-electron chi connectivity index (χ2n) is 6.29. The fourth-order valence-corrected chi connectivity index (χ4v) is 2.63. The van der Waals surface area contributed by atoms with Gasteiger partial charge in [-0.15, -0.1) is 0 Å². The van der Waals surface area contributed by atoms with Gasteiger partial charge in [0.2, 0.25) is 5.91 Å². The fourth-order valence-electron chi connectivity index (χ4n) is 2.63. The van der Waals surface area contributed by atoms with Crippen molar-refractivity contribution in [3.63, 3.8) is 0 Å². The Hall–Kier alpha value is -0.610. The van der Waals surface area contributed by atoms with Gasteiger partial charge in [-0.1, -0.05) is 13.8 Å². The lowest BCUT2D eigenvalue weighted by Gasteiger charge is -2.23. The largest absolute Gasteiger partial charge is 0.378 e. The summed E-state index contributed by atoms with van der Waals surface area (Å²) < 4.78 is 11.3. The number of hydrogen-bond acceptors (Lipinski definition) is 3. The van der Waals surface area contributed by atoms with Crippen molar-refractivity contribution >= 4 is 5.91 Å². The van der Waals surface area contributed by atoms with Crippen molar-refractivity contribution in [2.24, 2.45) is 17.8 Å². The molecule has 2 aliphatic rings. The van der Waals surface area contributed by atoms with E-state index in [2.05, 4.69) is 19.2 Å². The number of hydrogen-bond donors (Lipinski definition) is 1. The second kappa shape index (κ2) is 6.71. The van der Waals surface area contributed by atoms with Crippen LogP contribution in [0.1, 0.15) is 40.0 Å². The maximum Gasteiger partial charge on any atom is 0.248 e. The molecule has 0 radical (unpaired) electrons. The molecule has 1 N–H and O–H groups in total. The van der Waals surface area contributed by atoms with Crippen LogP contribution in [0.3, 0.4) is 0 Å². The zero-order valence-corrected chi connectivity index (χ0v) is 12.4. The van der Waals surface area contributed by atoms with Crippen molar-refractivity contribution in [2.75, 3.05) is 19.8 Å². The first kappa shape index (κ1) is 14.8. The van der Waals surface area contributed by atoms with Crippen LogP contribution in [-0.2, 0) is 14.3 Å². The maximum atomic E-state index is 11.9. The van der Waals surface area contributed by atoms with E-state index >= 15 is 0 Å². The van der Waals surface area contributed by atoms with E-state index in [0.717, 1.165) is 19.6 Å². The van der Waals surface area contributed by atoms with E-state index in [4.69, 9.17) is 9.47 Å². The first-order valence-electron chi connectivity index (χ1n) is 7.59. The van der Waals surface area contributed by atoms with Gasteiger partial charge in [0, 0.05) is 19.1 Å². The molecule has 0 aromatic carbocycles. The summed E-state index contributed by atoms with van der Waals surface area (Å²) in [6.45, 7) is 8.44. The number of ether oxygens (including phenoxy) is 2. The Morgan fingerprint density at radius 1 is 1.32 bits per heavy atom. The lowest BCUT2D eigenvalue weighted by Crippen LogP contribution is -2.40. The molecule has 110 valence electrons. The monoisotopic (exact) mass is 269 g/mol. The molecule has 1 heterocycles. The first-order valence-corrected chi connectivity index (χ1v) is 7.59. The van der Waals surface area contributed by atoms with Gasteiger partial charge >= 0.3 is 0 Å². The normalized spacial score (nSPS) is 28.6. The molecule has 2 fully saturated rings. The van der Waals surface area contributed by atoms with Crippen LogP contribution < -0.4 is 5.32 Å². The highest BCUT2D eigenvalue weighted by atomic mass is 16.5. The highest BCUT2D eigenvalue weighted by molar-refractivity contribution is 5.80. The predicted molar refractivity (Wildman–Crippen MR) is 73.8 cm³/mol. The third-order valence-electron chi connectivity index (χ3n) is 4.11. The molecule has 19 heavy (non-hydrogen) atoms. The Morgan fingerprint density at radius 3 is 2.68 bits per heavy atom. The molecule has 0 bridgehead atoms. The fraction of sp³-hybridized carbons (Fsp3) is 0.933. The summed E-state index contributed by atoms with van der Waals surface area (Å²) in [7, 11) is 0. The van der Waals surface area contributed by atoms with E-state index in [1.54, 1.807) is 0 Å². The molecule has 1 amide bonds. The molecule has 1 aliphatic carbocycles. The van der Waals surface area contributed by atoms with E-state index in [9.17, 15) is 4.79 Å². The van der Waals surface area contributed by atoms with E-state index in [-0.39, 0.29) is 18.1 Å². The van der Waals surface area contributed by atoms with Crippen molar-refractivity contribution in [2.45, 2.75) is 52.2 Å². The highest BCUT2D eigenvalue weighted by Crippen LogP contribution is 2.29. The second-order valence-corrected chi connectivity index (χ2v) is 6.29. The Labute approximate surface area is 116 Å². The van der Waals surface area contributed by atoms with Gasteiger partial charge in [-0.05, 0) is 38.0 Å². The molecule has 0 aromatic heterocycles. The molecule has 1 aliphatic heterocycles. The SMILES string of the molecule is CC(C)[C@H]1OCC[C@@H]1CNC(=O)[C@H](C)OCC1CC1. The van der Waals surface area contributed by atoms with Crippen LogP contribution in [0, 0.1) is 17.8 Å². The zero-order valence-electron chi connectivity index (χ0n) is 12.4. The van der Waals surface area contributed by atoms with Gasteiger partial charge in [0.25, 0.3) is 0 Å². The van der Waals surface area contributed by atoms with Crippen LogP contribution in [0.25, 0.3) is 0 Å². The van der Waals surface area contributed by atoms with Gasteiger partial charge in [0.05, 0.1) is 12.7 Å². The summed E-state index contributed by atoms with van der Waals surface area (Å²) in [4.78, 5) is 11.9. The van der Waals surface area contributed by atoms with Crippen LogP contribution in [0.2, 0.25) is 0 Å². The highest BCUT2D eigenvalue weighted by Gasteiger charge is 2.31. The van der Waals surface area contributed by atoms with Gasteiger partial charge in [-0.3, -0.25) is 4.79 Å². The summed E-state index contributed by atoms with van der Waals surface area (Å²) in [6, 6.07) is 0. The van der Waals surface area contributed by atoms with E-state index in [1.165, 1.54) is 12.8 Å². The third kappa shape index (κ3) is 4.46. The van der Waals surface area contributed by atoms with Crippen LogP contribution in [0.15, 0.2) is 0 Å². The minimum Gasteiger partial charge on any atom is -0.378 e. The van der Waals surface area contributed by atoms with Gasteiger partial charge in [-0.2, -0.15) is 0 Å². The maximum absolute atomic E-state index is 11.9. The number of carbonyl (C=O) groups excluding carboxylic acids is 1. The van der Waals surface area contributed by atoms with Gasteiger partial charge < -0.3 is 14.8 Å². The summed E-state index contributed by atoms with van der Waals surface area (Å²) in [5.74, 6) is 1.66. The predicted octanol–water partition coefficient (Wildman–Crippen LogP) is 1.98. The Bertz CT molecular complexity index is 302. The lowest BCUT2D eigenvalue weighted by molar-refractivity contribution is -0.132. The van der Waals surface area contributed by atoms with Gasteiger partial charge in [0.1, 0.15) is 6.10 Å². The molecule has 1 saturated heterocycles. The molecule has 0 spiro atoms. The molecule has 4 nitrogen and oxygen atoms in total. The minimum absolute atomic E-state index is 0.00931. The standard InChI is InChI=1S/C15H27NO3/c1-10(2)14-13(6-7-18-14)8-16-15(17)11(3)19-9-12-4-5-12/h10-14H,4-9H2,1-3H3,(H,16,17)/t11-,13+,14+/m0/s1. The van der Waals surface area contributed by atoms with Crippen molar-refractivity contribution in [1.29, 1.82) is 0 Å². The first-order chi connectivity index (χ1) is 9.08. The van der Waals surface area contributed by atoms with Crippen LogP contribution in [0.5, 0.6) is 0 Å². The number of rotatable bonds is 7. The van der Waals surface area contributed by atoms with E-state index in [1.807, 2.05) is 6.92 Å². The van der Waals surface area contributed by atoms with Crippen molar-refractivity contribution in [1.82, 2.24) is 5.32 Å². The average Bonchev–Trinajstić information content (AvgIpc) is 3.08. The topological polar surface area (TPSA) is 47.6 Å². The van der Waals surface area contributed by atoms with Crippen LogP contribution in [-0.4, -0.2) is 37.9 Å². The number of amides is 1. The lowest BCUT2D eigenvalue weighted by atomic mass is 9.93. The van der Waals surface area contributed by atoms with Crippen LogP contribution >= 0.6 is 0 Å². The van der Waals surface area contributed by atoms with Crippen molar-refractivity contribution in [3.8, 4) is 0 Å². The summed E-state index contributed by atoms with van der Waals surface area (Å²) in [5, 5.41) is 3.01. The smallest absolute Gasteiger partial charge is 0.248 e. The zero-order chi connectivity index (χ0) is 13.8. The molecule has 3 atom stereocenters. The summed E-state index contributed by atoms with van der Waals surface area (Å²) in [6.07, 6.45) is 3.50. The van der Waals surface area contributed by atoms with E-state index in [0.29, 0.717) is 24.3 Å². The van der Waals surface area contributed by atoms with Crippen LogP contribution in [0.4, 0.5) is 0 Å². The average molecular weight is 269 g/mol. The molecule has 0 aromatic rings. The third-order valence-corrected chi connectivity index (χ3v) is 4.11. The molecular formula is C15H27NO3. The number of carbonyl (C=O) groups is 1.